The normalized spacial score (nSPS) is 14.6. The molecule has 296 valence electrons. The van der Waals surface area contributed by atoms with Gasteiger partial charge in [0.25, 0.3) is 5.91 Å². The smallest absolute Gasteiger partial charge is 0.437 e. The van der Waals surface area contributed by atoms with Gasteiger partial charge in [-0.1, -0.05) is 66.7 Å². The highest BCUT2D eigenvalue weighted by Gasteiger charge is 2.33. The van der Waals surface area contributed by atoms with Crippen molar-refractivity contribution in [3.8, 4) is 0 Å². The Labute approximate surface area is 328 Å². The largest absolute Gasteiger partial charge is 0.460 e. The van der Waals surface area contributed by atoms with Crippen LogP contribution in [0.15, 0.2) is 113 Å². The van der Waals surface area contributed by atoms with Crippen LogP contribution in [0.4, 0.5) is 21.0 Å². The van der Waals surface area contributed by atoms with Crippen molar-refractivity contribution in [2.45, 2.75) is 84.2 Å². The second-order valence-electron chi connectivity index (χ2n) is 15.5. The van der Waals surface area contributed by atoms with Gasteiger partial charge in [-0.15, -0.1) is 4.99 Å². The Hall–Kier alpha value is -5.95. The predicted octanol–water partition coefficient (Wildman–Crippen LogP) is 8.15. The van der Waals surface area contributed by atoms with Gasteiger partial charge in [0, 0.05) is 37.1 Å². The van der Waals surface area contributed by atoms with E-state index in [2.05, 4.69) is 20.5 Å². The number of guanidine groups is 1. The molecule has 0 radical (unpaired) electrons. The number of furan rings is 1. The summed E-state index contributed by atoms with van der Waals surface area (Å²) < 4.78 is 22.1. The highest BCUT2D eigenvalue weighted by Crippen LogP contribution is 2.30. The van der Waals surface area contributed by atoms with Crippen molar-refractivity contribution in [3.63, 3.8) is 0 Å². The van der Waals surface area contributed by atoms with Gasteiger partial charge in [0.05, 0.1) is 12.2 Å². The van der Waals surface area contributed by atoms with Crippen LogP contribution in [0.2, 0.25) is 0 Å². The van der Waals surface area contributed by atoms with Crippen LogP contribution in [0, 0.1) is 0 Å². The number of rotatable bonds is 10. The maximum Gasteiger partial charge on any atom is 0.437 e. The van der Waals surface area contributed by atoms with Gasteiger partial charge in [0.2, 0.25) is 5.96 Å². The summed E-state index contributed by atoms with van der Waals surface area (Å²) in [6.45, 7) is 12.1. The molecule has 4 aromatic rings. The second-order valence-corrected chi connectivity index (χ2v) is 15.5. The number of amides is 3. The van der Waals surface area contributed by atoms with Crippen molar-refractivity contribution in [1.82, 2.24) is 10.2 Å². The minimum atomic E-state index is -0.924. The molecule has 3 amide bonds. The molecule has 1 unspecified atom stereocenters. The zero-order chi connectivity index (χ0) is 40.3. The standard InChI is InChI=1S/C43H51N5O8/c1-42(2,3)55-40(51)45-39(46-41(52)56-43(4,5)6)44-32-19-13-20-34(27-32)48(37(49)36-21-14-26-53-36)33-22-24-47(25-23-33)28-35(31-17-11-8-12-18-31)38(50)54-29-30-15-9-7-10-16-30/h7-21,26-27,33,35H,22-25,28-29H2,1-6H3,(H2,44,45,46,51,52). The average Bonchev–Trinajstić information content (AvgIpc) is 3.68. The van der Waals surface area contributed by atoms with Crippen LogP contribution in [-0.4, -0.2) is 71.8 Å². The van der Waals surface area contributed by atoms with E-state index in [1.54, 1.807) is 82.8 Å². The van der Waals surface area contributed by atoms with Gasteiger partial charge < -0.3 is 33.7 Å². The van der Waals surface area contributed by atoms with E-state index in [4.69, 9.17) is 18.6 Å². The Balaban J connectivity index is 1.34. The average molecular weight is 766 g/mol. The Morgan fingerprint density at radius 3 is 2.12 bits per heavy atom. The Kier molecular flexibility index (Phi) is 13.7. The third-order valence-corrected chi connectivity index (χ3v) is 8.63. The number of hydrogen-bond acceptors (Lipinski definition) is 9. The van der Waals surface area contributed by atoms with E-state index in [0.717, 1.165) is 11.1 Å². The third kappa shape index (κ3) is 12.6. The molecule has 0 bridgehead atoms. The van der Waals surface area contributed by atoms with E-state index in [0.29, 0.717) is 43.9 Å². The van der Waals surface area contributed by atoms with Crippen molar-refractivity contribution < 1.29 is 37.8 Å². The number of carbonyl (C=O) groups excluding carboxylic acids is 4. The molecule has 0 spiro atoms. The Morgan fingerprint density at radius 2 is 1.50 bits per heavy atom. The van der Waals surface area contributed by atoms with Gasteiger partial charge in [-0.05, 0) is 95.8 Å². The number of piperidine rings is 1. The zero-order valence-corrected chi connectivity index (χ0v) is 32.8. The van der Waals surface area contributed by atoms with E-state index in [9.17, 15) is 19.2 Å². The zero-order valence-electron chi connectivity index (χ0n) is 32.8. The Morgan fingerprint density at radius 1 is 0.839 bits per heavy atom. The van der Waals surface area contributed by atoms with E-state index >= 15 is 0 Å². The van der Waals surface area contributed by atoms with Crippen LogP contribution in [0.5, 0.6) is 0 Å². The van der Waals surface area contributed by atoms with Crippen molar-refractivity contribution in [2.24, 2.45) is 4.99 Å². The molecule has 13 heteroatoms. The van der Waals surface area contributed by atoms with Crippen molar-refractivity contribution in [1.29, 1.82) is 0 Å². The molecule has 0 saturated carbocycles. The first kappa shape index (κ1) is 41.2. The summed E-state index contributed by atoms with van der Waals surface area (Å²) in [6.07, 6.45) is 0.914. The SMILES string of the molecule is CC(C)(C)OC(=O)/N=C(/NC(=O)OC(C)(C)C)Nc1cccc(N(C(=O)c2ccco2)C2CCN(CC(C(=O)OCc3ccccc3)c3ccccc3)CC2)c1. The topological polar surface area (TPSA) is 152 Å². The third-order valence-electron chi connectivity index (χ3n) is 8.63. The summed E-state index contributed by atoms with van der Waals surface area (Å²) in [5.74, 6) is -1.16. The van der Waals surface area contributed by atoms with Crippen molar-refractivity contribution in [2.75, 3.05) is 29.9 Å². The molecule has 1 saturated heterocycles. The van der Waals surface area contributed by atoms with Crippen LogP contribution in [0.25, 0.3) is 0 Å². The molecule has 2 N–H and O–H groups in total. The van der Waals surface area contributed by atoms with Gasteiger partial charge in [-0.2, -0.15) is 0 Å². The molecule has 1 fully saturated rings. The summed E-state index contributed by atoms with van der Waals surface area (Å²) in [5, 5.41) is 5.48. The van der Waals surface area contributed by atoms with Crippen LogP contribution >= 0.6 is 0 Å². The van der Waals surface area contributed by atoms with E-state index in [-0.39, 0.29) is 36.2 Å². The molecular weight excluding hydrogens is 714 g/mol. The molecule has 1 aliphatic heterocycles. The summed E-state index contributed by atoms with van der Waals surface area (Å²) in [5.41, 5.74) is 1.14. The van der Waals surface area contributed by atoms with Gasteiger partial charge in [0.1, 0.15) is 17.8 Å². The summed E-state index contributed by atoms with van der Waals surface area (Å²) in [4.78, 5) is 61.0. The fourth-order valence-electron chi connectivity index (χ4n) is 6.20. The van der Waals surface area contributed by atoms with Crippen LogP contribution in [0.3, 0.4) is 0 Å². The lowest BCUT2D eigenvalue weighted by Crippen LogP contribution is -2.48. The molecule has 56 heavy (non-hydrogen) atoms. The molecule has 0 aliphatic carbocycles. The first-order valence-corrected chi connectivity index (χ1v) is 18.7. The second kappa shape index (κ2) is 18.6. The molecule has 5 rings (SSSR count). The minimum Gasteiger partial charge on any atom is -0.460 e. The molecule has 13 nitrogen and oxygen atoms in total. The summed E-state index contributed by atoms with van der Waals surface area (Å²) in [6, 6.07) is 29.3. The molecule has 2 heterocycles. The lowest BCUT2D eigenvalue weighted by molar-refractivity contribution is -0.147. The number of hydrogen-bond donors (Lipinski definition) is 2. The number of alkyl carbamates (subject to hydrolysis) is 1. The maximum atomic E-state index is 14.1. The fourth-order valence-corrected chi connectivity index (χ4v) is 6.20. The highest BCUT2D eigenvalue weighted by atomic mass is 16.6. The van der Waals surface area contributed by atoms with Crippen LogP contribution < -0.4 is 15.5 Å². The number of nitrogens with zero attached hydrogens (tertiary/aromatic N) is 3. The lowest BCUT2D eigenvalue weighted by Gasteiger charge is -2.39. The highest BCUT2D eigenvalue weighted by molar-refractivity contribution is 6.07. The summed E-state index contributed by atoms with van der Waals surface area (Å²) >= 11 is 0. The fraction of sp³-hybridized carbons (Fsp3) is 0.372. The number of likely N-dealkylation sites (tertiary alicyclic amines) is 1. The molecular formula is C43H51N5O8. The van der Waals surface area contributed by atoms with Gasteiger partial charge >= 0.3 is 18.2 Å². The van der Waals surface area contributed by atoms with Crippen molar-refractivity contribution in [3.05, 3.63) is 120 Å². The number of anilines is 2. The number of carbonyl (C=O) groups is 4. The van der Waals surface area contributed by atoms with E-state index in [1.807, 2.05) is 60.7 Å². The maximum absolute atomic E-state index is 14.1. The predicted molar refractivity (Wildman–Crippen MR) is 214 cm³/mol. The van der Waals surface area contributed by atoms with Crippen LogP contribution in [-0.2, 0) is 25.6 Å². The van der Waals surface area contributed by atoms with Crippen molar-refractivity contribution >= 4 is 41.4 Å². The summed E-state index contributed by atoms with van der Waals surface area (Å²) in [7, 11) is 0. The van der Waals surface area contributed by atoms with Gasteiger partial charge in [-0.25, -0.2) is 9.59 Å². The quantitative estimate of drug-likeness (QED) is 0.0701. The minimum absolute atomic E-state index is 0.176. The number of benzene rings is 3. The number of esters is 1. The first-order chi connectivity index (χ1) is 26.6. The molecule has 1 aromatic heterocycles. The monoisotopic (exact) mass is 765 g/mol. The number of nitrogens with one attached hydrogen (secondary N) is 2. The molecule has 1 aliphatic rings. The van der Waals surface area contributed by atoms with Crippen LogP contribution in [0.1, 0.15) is 82.0 Å². The van der Waals surface area contributed by atoms with Gasteiger partial charge in [0.15, 0.2) is 5.76 Å². The van der Waals surface area contributed by atoms with E-state index < -0.39 is 29.3 Å². The van der Waals surface area contributed by atoms with Gasteiger partial charge in [-0.3, -0.25) is 14.9 Å². The molecule has 1 atom stereocenters. The lowest BCUT2D eigenvalue weighted by atomic mass is 9.96. The van der Waals surface area contributed by atoms with E-state index in [1.165, 1.54) is 6.26 Å². The number of aliphatic imine (C=N–C) groups is 1. The molecule has 3 aromatic carbocycles. The Bertz CT molecular complexity index is 1950. The first-order valence-electron chi connectivity index (χ1n) is 18.7. The number of ether oxygens (including phenoxy) is 3.